The van der Waals surface area contributed by atoms with Crippen molar-refractivity contribution in [2.45, 2.75) is 27.0 Å². The Bertz CT molecular complexity index is 888. The van der Waals surface area contributed by atoms with Crippen LogP contribution in [-0.4, -0.2) is 22.1 Å². The van der Waals surface area contributed by atoms with Crippen LogP contribution in [-0.2, 0) is 17.9 Å². The van der Waals surface area contributed by atoms with Gasteiger partial charge in [0.25, 0.3) is 0 Å². The standard InChI is InChI=1S/C19H19FN2O3/c1-3-22-11-13(12-25-15-7-5-14(20)6-8-15)17-16(22)9-10-21-18(17)19(23)24-4-2/h5-11H,3-4,12H2,1-2H3. The summed E-state index contributed by atoms with van der Waals surface area (Å²) in [7, 11) is 0. The van der Waals surface area contributed by atoms with Crippen LogP contribution in [0.25, 0.3) is 10.9 Å². The zero-order chi connectivity index (χ0) is 17.8. The summed E-state index contributed by atoms with van der Waals surface area (Å²) >= 11 is 0. The molecular formula is C19H19FN2O3. The highest BCUT2D eigenvalue weighted by atomic mass is 19.1. The first-order valence-corrected chi connectivity index (χ1v) is 8.16. The molecule has 2 heterocycles. The Morgan fingerprint density at radius 2 is 1.96 bits per heavy atom. The fourth-order valence-electron chi connectivity index (χ4n) is 2.75. The molecule has 0 atom stereocenters. The summed E-state index contributed by atoms with van der Waals surface area (Å²) in [5.41, 5.74) is 2.01. The predicted molar refractivity (Wildman–Crippen MR) is 92.1 cm³/mol. The monoisotopic (exact) mass is 342 g/mol. The maximum absolute atomic E-state index is 13.0. The van der Waals surface area contributed by atoms with E-state index < -0.39 is 5.97 Å². The summed E-state index contributed by atoms with van der Waals surface area (Å²) in [5.74, 6) is -0.214. The Labute approximate surface area is 145 Å². The van der Waals surface area contributed by atoms with Gasteiger partial charge in [-0.05, 0) is 44.2 Å². The van der Waals surface area contributed by atoms with Crippen molar-refractivity contribution < 1.29 is 18.7 Å². The molecule has 0 bridgehead atoms. The molecule has 0 aliphatic heterocycles. The normalized spacial score (nSPS) is 10.8. The maximum atomic E-state index is 13.0. The van der Waals surface area contributed by atoms with Crippen LogP contribution < -0.4 is 4.74 Å². The Kier molecular flexibility index (Phi) is 4.97. The van der Waals surface area contributed by atoms with Crippen LogP contribution in [0, 0.1) is 5.82 Å². The molecular weight excluding hydrogens is 323 g/mol. The van der Waals surface area contributed by atoms with Crippen LogP contribution in [0.3, 0.4) is 0 Å². The first-order valence-electron chi connectivity index (χ1n) is 8.16. The number of esters is 1. The average molecular weight is 342 g/mol. The molecule has 5 nitrogen and oxygen atoms in total. The second-order valence-electron chi connectivity index (χ2n) is 5.46. The van der Waals surface area contributed by atoms with Crippen molar-refractivity contribution in [2.75, 3.05) is 6.61 Å². The molecule has 0 saturated heterocycles. The van der Waals surface area contributed by atoms with Crippen LogP contribution in [0.4, 0.5) is 4.39 Å². The number of nitrogens with zero attached hydrogens (tertiary/aromatic N) is 2. The number of ether oxygens (including phenoxy) is 2. The number of hydrogen-bond acceptors (Lipinski definition) is 4. The molecule has 2 aromatic heterocycles. The van der Waals surface area contributed by atoms with Gasteiger partial charge < -0.3 is 14.0 Å². The first kappa shape index (κ1) is 17.0. The van der Waals surface area contributed by atoms with Gasteiger partial charge in [0.15, 0.2) is 5.69 Å². The van der Waals surface area contributed by atoms with Gasteiger partial charge >= 0.3 is 5.97 Å². The number of aromatic nitrogens is 2. The molecule has 6 heteroatoms. The zero-order valence-electron chi connectivity index (χ0n) is 14.2. The smallest absolute Gasteiger partial charge is 0.357 e. The second kappa shape index (κ2) is 7.34. The van der Waals surface area contributed by atoms with Gasteiger partial charge in [0.1, 0.15) is 18.2 Å². The highest BCUT2D eigenvalue weighted by Gasteiger charge is 2.19. The lowest BCUT2D eigenvalue weighted by Gasteiger charge is -2.07. The number of carbonyl (C=O) groups excluding carboxylic acids is 1. The predicted octanol–water partition coefficient (Wildman–Crippen LogP) is 3.95. The molecule has 1 aromatic carbocycles. The Morgan fingerprint density at radius 3 is 2.64 bits per heavy atom. The molecule has 0 aliphatic rings. The van der Waals surface area contributed by atoms with Crippen molar-refractivity contribution in [1.29, 1.82) is 0 Å². The fourth-order valence-corrected chi connectivity index (χ4v) is 2.75. The van der Waals surface area contributed by atoms with E-state index in [1.165, 1.54) is 12.1 Å². The molecule has 0 radical (unpaired) electrons. The van der Waals surface area contributed by atoms with Gasteiger partial charge in [0.05, 0.1) is 12.1 Å². The van der Waals surface area contributed by atoms with Gasteiger partial charge in [-0.25, -0.2) is 14.2 Å². The van der Waals surface area contributed by atoms with Crippen molar-refractivity contribution in [3.8, 4) is 5.75 Å². The summed E-state index contributed by atoms with van der Waals surface area (Å²) in [6.45, 7) is 5.06. The van der Waals surface area contributed by atoms with Gasteiger partial charge in [-0.2, -0.15) is 0 Å². The third kappa shape index (κ3) is 3.47. The summed E-state index contributed by atoms with van der Waals surface area (Å²) in [5, 5.41) is 0.727. The van der Waals surface area contributed by atoms with Crippen molar-refractivity contribution in [1.82, 2.24) is 9.55 Å². The van der Waals surface area contributed by atoms with E-state index in [0.717, 1.165) is 23.0 Å². The van der Waals surface area contributed by atoms with E-state index in [0.29, 0.717) is 5.75 Å². The number of halogens is 1. The van der Waals surface area contributed by atoms with E-state index in [1.807, 2.05) is 23.8 Å². The number of pyridine rings is 1. The fraction of sp³-hybridized carbons (Fsp3) is 0.263. The Hall–Kier alpha value is -2.89. The first-order chi connectivity index (χ1) is 12.1. The van der Waals surface area contributed by atoms with E-state index in [2.05, 4.69) is 4.98 Å². The second-order valence-corrected chi connectivity index (χ2v) is 5.46. The number of carbonyl (C=O) groups is 1. The van der Waals surface area contributed by atoms with Crippen molar-refractivity contribution in [3.63, 3.8) is 0 Å². The molecule has 130 valence electrons. The average Bonchev–Trinajstić information content (AvgIpc) is 2.99. The van der Waals surface area contributed by atoms with E-state index in [-0.39, 0.29) is 24.7 Å². The van der Waals surface area contributed by atoms with Crippen molar-refractivity contribution >= 4 is 16.9 Å². The van der Waals surface area contributed by atoms with E-state index in [9.17, 15) is 9.18 Å². The molecule has 25 heavy (non-hydrogen) atoms. The zero-order valence-corrected chi connectivity index (χ0v) is 14.2. The Morgan fingerprint density at radius 1 is 1.20 bits per heavy atom. The lowest BCUT2D eigenvalue weighted by atomic mass is 10.1. The highest BCUT2D eigenvalue weighted by Crippen LogP contribution is 2.26. The van der Waals surface area contributed by atoms with E-state index >= 15 is 0 Å². The number of benzene rings is 1. The number of hydrogen-bond donors (Lipinski definition) is 0. The van der Waals surface area contributed by atoms with Gasteiger partial charge in [0.2, 0.25) is 0 Å². The molecule has 0 amide bonds. The number of aryl methyl sites for hydroxylation is 1. The summed E-state index contributed by atoms with van der Waals surface area (Å²) in [4.78, 5) is 16.5. The minimum Gasteiger partial charge on any atom is -0.489 e. The van der Waals surface area contributed by atoms with E-state index in [4.69, 9.17) is 9.47 Å². The van der Waals surface area contributed by atoms with Gasteiger partial charge in [-0.15, -0.1) is 0 Å². The largest absolute Gasteiger partial charge is 0.489 e. The van der Waals surface area contributed by atoms with Crippen LogP contribution in [0.15, 0.2) is 42.7 Å². The molecule has 0 unspecified atom stereocenters. The van der Waals surface area contributed by atoms with Crippen LogP contribution >= 0.6 is 0 Å². The third-order valence-corrected chi connectivity index (χ3v) is 3.89. The maximum Gasteiger partial charge on any atom is 0.357 e. The summed E-state index contributed by atoms with van der Waals surface area (Å²) < 4.78 is 25.9. The molecule has 0 fully saturated rings. The summed E-state index contributed by atoms with van der Waals surface area (Å²) in [6, 6.07) is 7.69. The lowest BCUT2D eigenvalue weighted by Crippen LogP contribution is -2.08. The summed E-state index contributed by atoms with van der Waals surface area (Å²) in [6.07, 6.45) is 3.55. The Balaban J connectivity index is 1.98. The van der Waals surface area contributed by atoms with Crippen LogP contribution in [0.2, 0.25) is 0 Å². The molecule has 3 aromatic rings. The number of fused-ring (bicyclic) bond motifs is 1. The minimum atomic E-state index is -0.454. The van der Waals surface area contributed by atoms with Crippen molar-refractivity contribution in [3.05, 3.63) is 59.8 Å². The third-order valence-electron chi connectivity index (χ3n) is 3.89. The van der Waals surface area contributed by atoms with Crippen LogP contribution in [0.1, 0.15) is 29.9 Å². The highest BCUT2D eigenvalue weighted by molar-refractivity contribution is 6.03. The van der Waals surface area contributed by atoms with Crippen LogP contribution in [0.5, 0.6) is 5.75 Å². The van der Waals surface area contributed by atoms with E-state index in [1.54, 1.807) is 25.3 Å². The van der Waals surface area contributed by atoms with Gasteiger partial charge in [-0.3, -0.25) is 0 Å². The molecule has 0 N–H and O–H groups in total. The SMILES string of the molecule is CCOC(=O)c1nccc2c1c(COc1ccc(F)cc1)cn2CC. The minimum absolute atomic E-state index is 0.243. The molecule has 3 rings (SSSR count). The van der Waals surface area contributed by atoms with Gasteiger partial charge in [-0.1, -0.05) is 0 Å². The van der Waals surface area contributed by atoms with Gasteiger partial charge in [0, 0.05) is 29.9 Å². The number of rotatable bonds is 6. The molecule has 0 aliphatic carbocycles. The molecule has 0 spiro atoms. The molecule has 0 saturated carbocycles. The topological polar surface area (TPSA) is 53.4 Å². The lowest BCUT2D eigenvalue weighted by molar-refractivity contribution is 0.0522. The van der Waals surface area contributed by atoms with Crippen molar-refractivity contribution in [2.24, 2.45) is 0 Å². The quantitative estimate of drug-likeness (QED) is 0.637.